The number of carbonyl (C=O) groups excluding carboxylic acids is 2. The number of morpholine rings is 1. The molecule has 0 radical (unpaired) electrons. The number of nitrogens with zero attached hydrogens (tertiary/aromatic N) is 2. The fraction of sp³-hybridized carbons (Fsp3) is 0.350. The summed E-state index contributed by atoms with van der Waals surface area (Å²) >= 11 is 0. The summed E-state index contributed by atoms with van der Waals surface area (Å²) < 4.78 is 5.39. The molecule has 0 unspecified atom stereocenters. The van der Waals surface area contributed by atoms with E-state index in [9.17, 15) is 9.59 Å². The van der Waals surface area contributed by atoms with Crippen molar-refractivity contribution in [3.63, 3.8) is 0 Å². The minimum absolute atomic E-state index is 0.0564. The van der Waals surface area contributed by atoms with Crippen molar-refractivity contribution >= 4 is 23.3 Å². The molecule has 0 aliphatic carbocycles. The summed E-state index contributed by atoms with van der Waals surface area (Å²) in [6.45, 7) is 4.89. The minimum Gasteiger partial charge on any atom is -0.378 e. The van der Waals surface area contributed by atoms with Gasteiger partial charge in [-0.2, -0.15) is 0 Å². The van der Waals surface area contributed by atoms with Crippen LogP contribution in [0.25, 0.3) is 0 Å². The topological polar surface area (TPSA) is 83.6 Å². The number of aromatic nitrogens is 1. The average molecular weight is 368 g/mol. The third kappa shape index (κ3) is 5.52. The molecule has 7 heteroatoms. The van der Waals surface area contributed by atoms with Gasteiger partial charge in [0.1, 0.15) is 5.82 Å². The van der Waals surface area contributed by atoms with Crippen molar-refractivity contribution in [2.45, 2.75) is 19.9 Å². The predicted molar refractivity (Wildman–Crippen MR) is 104 cm³/mol. The quantitative estimate of drug-likeness (QED) is 0.811. The molecule has 142 valence electrons. The Kier molecular flexibility index (Phi) is 6.38. The first-order chi connectivity index (χ1) is 13.1. The SMILES string of the molecule is CC(=O)Nc1ccc(CC(=O)NCc2cccnc2N2CCOCC2)cc1. The van der Waals surface area contributed by atoms with E-state index in [-0.39, 0.29) is 18.2 Å². The molecule has 3 rings (SSSR count). The van der Waals surface area contributed by atoms with Crippen molar-refractivity contribution in [3.8, 4) is 0 Å². The zero-order valence-electron chi connectivity index (χ0n) is 15.4. The molecule has 1 aromatic heterocycles. The summed E-state index contributed by atoms with van der Waals surface area (Å²) in [6.07, 6.45) is 2.06. The van der Waals surface area contributed by atoms with Crippen LogP contribution in [0.15, 0.2) is 42.6 Å². The molecule has 27 heavy (non-hydrogen) atoms. The lowest BCUT2D eigenvalue weighted by molar-refractivity contribution is -0.120. The van der Waals surface area contributed by atoms with Crippen molar-refractivity contribution in [3.05, 3.63) is 53.7 Å². The number of ether oxygens (including phenoxy) is 1. The first-order valence-electron chi connectivity index (χ1n) is 9.01. The summed E-state index contributed by atoms with van der Waals surface area (Å²) in [4.78, 5) is 30.0. The molecular weight excluding hydrogens is 344 g/mol. The maximum atomic E-state index is 12.3. The van der Waals surface area contributed by atoms with Gasteiger partial charge in [0.15, 0.2) is 0 Å². The number of carbonyl (C=O) groups is 2. The standard InChI is InChI=1S/C20H24N4O3/c1-15(25)23-18-6-4-16(5-7-18)13-19(26)22-14-17-3-2-8-21-20(17)24-9-11-27-12-10-24/h2-8H,9-14H2,1H3,(H,22,26)(H,23,25). The average Bonchev–Trinajstić information content (AvgIpc) is 2.68. The number of anilines is 2. The lowest BCUT2D eigenvalue weighted by atomic mass is 10.1. The van der Waals surface area contributed by atoms with Crippen molar-refractivity contribution in [1.29, 1.82) is 0 Å². The van der Waals surface area contributed by atoms with Crippen LogP contribution in [0.3, 0.4) is 0 Å². The van der Waals surface area contributed by atoms with E-state index in [4.69, 9.17) is 4.74 Å². The van der Waals surface area contributed by atoms with Gasteiger partial charge < -0.3 is 20.3 Å². The molecule has 1 aliphatic heterocycles. The predicted octanol–water partition coefficient (Wildman–Crippen LogP) is 1.74. The Hall–Kier alpha value is -2.93. The van der Waals surface area contributed by atoms with Gasteiger partial charge >= 0.3 is 0 Å². The van der Waals surface area contributed by atoms with E-state index in [1.165, 1.54) is 6.92 Å². The lowest BCUT2D eigenvalue weighted by Crippen LogP contribution is -2.38. The van der Waals surface area contributed by atoms with E-state index < -0.39 is 0 Å². The van der Waals surface area contributed by atoms with Crippen molar-refractivity contribution in [2.75, 3.05) is 36.5 Å². The van der Waals surface area contributed by atoms with Crippen LogP contribution in [0.2, 0.25) is 0 Å². The summed E-state index contributed by atoms with van der Waals surface area (Å²) in [7, 11) is 0. The number of benzene rings is 1. The van der Waals surface area contributed by atoms with Gasteiger partial charge in [0.2, 0.25) is 11.8 Å². The molecule has 1 aliphatic rings. The Labute approximate surface area is 158 Å². The normalized spacial score (nSPS) is 13.9. The maximum absolute atomic E-state index is 12.3. The Morgan fingerprint density at radius 1 is 1.15 bits per heavy atom. The van der Waals surface area contributed by atoms with E-state index in [1.54, 1.807) is 18.3 Å². The Morgan fingerprint density at radius 2 is 1.89 bits per heavy atom. The van der Waals surface area contributed by atoms with Crippen LogP contribution in [0, 0.1) is 0 Å². The van der Waals surface area contributed by atoms with Crippen LogP contribution >= 0.6 is 0 Å². The monoisotopic (exact) mass is 368 g/mol. The third-order valence-corrected chi connectivity index (χ3v) is 4.29. The lowest BCUT2D eigenvalue weighted by Gasteiger charge is -2.29. The Balaban J connectivity index is 1.55. The highest BCUT2D eigenvalue weighted by molar-refractivity contribution is 5.88. The number of nitrogens with one attached hydrogen (secondary N) is 2. The van der Waals surface area contributed by atoms with Crippen LogP contribution in [0.4, 0.5) is 11.5 Å². The zero-order valence-corrected chi connectivity index (χ0v) is 15.4. The highest BCUT2D eigenvalue weighted by Crippen LogP contribution is 2.18. The summed E-state index contributed by atoms with van der Waals surface area (Å²) in [5, 5.41) is 5.68. The Morgan fingerprint density at radius 3 is 2.59 bits per heavy atom. The third-order valence-electron chi connectivity index (χ3n) is 4.29. The fourth-order valence-corrected chi connectivity index (χ4v) is 2.98. The highest BCUT2D eigenvalue weighted by atomic mass is 16.5. The molecule has 0 spiro atoms. The Bertz CT molecular complexity index is 786. The summed E-state index contributed by atoms with van der Waals surface area (Å²) in [6, 6.07) is 11.1. The van der Waals surface area contributed by atoms with Gasteiger partial charge in [-0.1, -0.05) is 18.2 Å². The van der Waals surface area contributed by atoms with E-state index in [0.29, 0.717) is 19.8 Å². The first kappa shape index (κ1) is 18.8. The molecule has 0 bridgehead atoms. The molecule has 2 heterocycles. The molecular formula is C20H24N4O3. The largest absolute Gasteiger partial charge is 0.378 e. The van der Waals surface area contributed by atoms with Crippen LogP contribution in [-0.4, -0.2) is 43.1 Å². The van der Waals surface area contributed by atoms with E-state index in [1.807, 2.05) is 24.3 Å². The molecule has 2 N–H and O–H groups in total. The van der Waals surface area contributed by atoms with Crippen molar-refractivity contribution in [1.82, 2.24) is 10.3 Å². The molecule has 1 aromatic carbocycles. The summed E-state index contributed by atoms with van der Waals surface area (Å²) in [5.74, 6) is 0.729. The van der Waals surface area contributed by atoms with Gasteiger partial charge in [-0.3, -0.25) is 9.59 Å². The van der Waals surface area contributed by atoms with Gasteiger partial charge in [-0.25, -0.2) is 4.98 Å². The zero-order chi connectivity index (χ0) is 19.1. The van der Waals surface area contributed by atoms with Crippen molar-refractivity contribution in [2.24, 2.45) is 0 Å². The second-order valence-corrected chi connectivity index (χ2v) is 6.42. The van der Waals surface area contributed by atoms with Crippen LogP contribution in [-0.2, 0) is 27.3 Å². The number of pyridine rings is 1. The fourth-order valence-electron chi connectivity index (χ4n) is 2.98. The number of hydrogen-bond donors (Lipinski definition) is 2. The number of rotatable bonds is 6. The van der Waals surface area contributed by atoms with Gasteiger partial charge in [0.05, 0.1) is 19.6 Å². The second kappa shape index (κ2) is 9.14. The van der Waals surface area contributed by atoms with E-state index >= 15 is 0 Å². The van der Waals surface area contributed by atoms with Crippen molar-refractivity contribution < 1.29 is 14.3 Å². The highest BCUT2D eigenvalue weighted by Gasteiger charge is 2.16. The molecule has 0 saturated carbocycles. The molecule has 2 aromatic rings. The first-order valence-corrected chi connectivity index (χ1v) is 9.01. The van der Waals surface area contributed by atoms with Gasteiger partial charge in [-0.15, -0.1) is 0 Å². The molecule has 1 fully saturated rings. The maximum Gasteiger partial charge on any atom is 0.224 e. The van der Waals surface area contributed by atoms with Crippen LogP contribution in [0.1, 0.15) is 18.1 Å². The molecule has 7 nitrogen and oxygen atoms in total. The second-order valence-electron chi connectivity index (χ2n) is 6.42. The minimum atomic E-state index is -0.118. The smallest absolute Gasteiger partial charge is 0.224 e. The van der Waals surface area contributed by atoms with E-state index in [0.717, 1.165) is 35.7 Å². The van der Waals surface area contributed by atoms with Gasteiger partial charge in [0, 0.05) is 44.0 Å². The van der Waals surface area contributed by atoms with Gasteiger partial charge in [-0.05, 0) is 23.8 Å². The van der Waals surface area contributed by atoms with E-state index in [2.05, 4.69) is 20.5 Å². The van der Waals surface area contributed by atoms with Gasteiger partial charge in [0.25, 0.3) is 0 Å². The molecule has 2 amide bonds. The van der Waals surface area contributed by atoms with Crippen LogP contribution in [0.5, 0.6) is 0 Å². The number of hydrogen-bond acceptors (Lipinski definition) is 5. The number of amides is 2. The summed E-state index contributed by atoms with van der Waals surface area (Å²) in [5.41, 5.74) is 2.60. The molecule has 1 saturated heterocycles. The van der Waals surface area contributed by atoms with Crippen LogP contribution < -0.4 is 15.5 Å². The molecule has 0 atom stereocenters.